The van der Waals surface area contributed by atoms with Crippen LogP contribution in [0.25, 0.3) is 0 Å². The lowest BCUT2D eigenvalue weighted by atomic mass is 9.75. The number of nitrogens with zero attached hydrogens (tertiary/aromatic N) is 3. The fourth-order valence-electron chi connectivity index (χ4n) is 2.46. The van der Waals surface area contributed by atoms with Crippen LogP contribution >= 0.6 is 11.6 Å². The molecule has 0 bridgehead atoms. The molecule has 1 atom stereocenters. The lowest BCUT2D eigenvalue weighted by molar-refractivity contribution is -0.120. The van der Waals surface area contributed by atoms with Gasteiger partial charge in [-0.25, -0.2) is 0 Å². The van der Waals surface area contributed by atoms with Crippen LogP contribution in [-0.2, 0) is 23.7 Å². The summed E-state index contributed by atoms with van der Waals surface area (Å²) in [5, 5.41) is 14.5. The summed E-state index contributed by atoms with van der Waals surface area (Å²) in [5.41, 5.74) is 0.813. The Hall–Kier alpha value is -2.12. The number of ketones is 1. The Bertz CT molecular complexity index is 715. The van der Waals surface area contributed by atoms with Crippen LogP contribution in [0.5, 0.6) is 0 Å². The third-order valence-electron chi connectivity index (χ3n) is 3.75. The van der Waals surface area contributed by atoms with E-state index in [0.717, 1.165) is 0 Å². The monoisotopic (exact) mass is 301 g/mol. The van der Waals surface area contributed by atoms with E-state index in [9.17, 15) is 10.1 Å². The Morgan fingerprint density at radius 1 is 1.43 bits per heavy atom. The number of Topliss-reactive ketones (excluding diaryl/α,β-unsaturated/α-hetero) is 1. The second-order valence-electron chi connectivity index (χ2n) is 5.09. The van der Waals surface area contributed by atoms with Crippen molar-refractivity contribution in [3.8, 4) is 6.07 Å². The van der Waals surface area contributed by atoms with Crippen molar-refractivity contribution in [2.24, 2.45) is 7.05 Å². The highest BCUT2D eigenvalue weighted by atomic mass is 35.5. The largest absolute Gasteiger partial charge is 0.298 e. The van der Waals surface area contributed by atoms with Crippen molar-refractivity contribution in [1.82, 2.24) is 9.78 Å². The van der Waals surface area contributed by atoms with Crippen molar-refractivity contribution in [3.05, 3.63) is 52.3 Å². The van der Waals surface area contributed by atoms with E-state index in [0.29, 0.717) is 22.0 Å². The van der Waals surface area contributed by atoms with Gasteiger partial charge in [0.25, 0.3) is 0 Å². The number of carbonyl (C=O) groups excluding carboxylic acids is 1. The predicted molar refractivity (Wildman–Crippen MR) is 81.1 cm³/mol. The van der Waals surface area contributed by atoms with Crippen LogP contribution in [0.15, 0.2) is 30.3 Å². The molecule has 0 aliphatic carbocycles. The van der Waals surface area contributed by atoms with Crippen LogP contribution in [-0.4, -0.2) is 15.6 Å². The molecule has 21 heavy (non-hydrogen) atoms. The van der Waals surface area contributed by atoms with E-state index in [1.807, 2.05) is 18.2 Å². The van der Waals surface area contributed by atoms with E-state index in [-0.39, 0.29) is 12.2 Å². The highest BCUT2D eigenvalue weighted by Crippen LogP contribution is 2.32. The van der Waals surface area contributed by atoms with Crippen molar-refractivity contribution in [1.29, 1.82) is 5.26 Å². The smallest absolute Gasteiger partial charge is 0.154 e. The molecule has 0 saturated heterocycles. The quantitative estimate of drug-likeness (QED) is 0.872. The van der Waals surface area contributed by atoms with Gasteiger partial charge in [0.05, 0.1) is 22.5 Å². The molecule has 0 saturated carbocycles. The predicted octanol–water partition coefficient (Wildman–Crippen LogP) is 2.98. The summed E-state index contributed by atoms with van der Waals surface area (Å²) in [6.45, 7) is 3.24. The van der Waals surface area contributed by atoms with Crippen LogP contribution in [0.4, 0.5) is 0 Å². The van der Waals surface area contributed by atoms with Crippen molar-refractivity contribution in [3.63, 3.8) is 0 Å². The Morgan fingerprint density at radius 3 is 2.48 bits per heavy atom. The molecular weight excluding hydrogens is 286 g/mol. The third kappa shape index (κ3) is 2.57. The number of aryl methyl sites for hydroxylation is 2. The number of hydrogen-bond acceptors (Lipinski definition) is 3. The van der Waals surface area contributed by atoms with Gasteiger partial charge in [-0.1, -0.05) is 41.9 Å². The zero-order valence-electron chi connectivity index (χ0n) is 12.2. The molecule has 1 aromatic heterocycles. The zero-order chi connectivity index (χ0) is 15.6. The van der Waals surface area contributed by atoms with Gasteiger partial charge >= 0.3 is 0 Å². The van der Waals surface area contributed by atoms with Crippen molar-refractivity contribution in [2.75, 3.05) is 0 Å². The Morgan fingerprint density at radius 2 is 2.05 bits per heavy atom. The minimum Gasteiger partial charge on any atom is -0.298 e. The number of carbonyl (C=O) groups is 1. The number of nitriles is 1. The first kappa shape index (κ1) is 15.3. The minimum atomic E-state index is -1.24. The van der Waals surface area contributed by atoms with Crippen LogP contribution in [0, 0.1) is 18.3 Å². The molecular formula is C16H16ClN3O. The number of rotatable bonds is 4. The van der Waals surface area contributed by atoms with Crippen molar-refractivity contribution < 1.29 is 4.79 Å². The number of hydrogen-bond donors (Lipinski definition) is 0. The van der Waals surface area contributed by atoms with E-state index >= 15 is 0 Å². The molecule has 5 heteroatoms. The van der Waals surface area contributed by atoms with Gasteiger partial charge in [-0.05, 0) is 19.4 Å². The Kier molecular flexibility index (Phi) is 4.15. The maximum atomic E-state index is 12.2. The summed E-state index contributed by atoms with van der Waals surface area (Å²) in [7, 11) is 1.77. The average Bonchev–Trinajstić information content (AvgIpc) is 2.71. The summed E-state index contributed by atoms with van der Waals surface area (Å²) in [6, 6.07) is 11.3. The van der Waals surface area contributed by atoms with Gasteiger partial charge in [-0.2, -0.15) is 10.4 Å². The molecule has 1 unspecified atom stereocenters. The first-order valence-electron chi connectivity index (χ1n) is 6.58. The summed E-state index contributed by atoms with van der Waals surface area (Å²) in [4.78, 5) is 12.2. The SMILES string of the molecule is CC(=O)C(C#N)(Cc1c(Cl)c(C)nn1C)c1ccccc1. The summed E-state index contributed by atoms with van der Waals surface area (Å²) in [6.07, 6.45) is 0.207. The summed E-state index contributed by atoms with van der Waals surface area (Å²) < 4.78 is 1.63. The molecule has 2 rings (SSSR count). The van der Waals surface area contributed by atoms with E-state index in [2.05, 4.69) is 11.2 Å². The second-order valence-corrected chi connectivity index (χ2v) is 5.46. The van der Waals surface area contributed by atoms with E-state index in [1.165, 1.54) is 6.92 Å². The molecule has 0 aliphatic rings. The molecule has 2 aromatic rings. The number of aromatic nitrogens is 2. The number of benzene rings is 1. The molecule has 1 aromatic carbocycles. The molecule has 4 nitrogen and oxygen atoms in total. The Labute approximate surface area is 129 Å². The molecule has 108 valence electrons. The first-order chi connectivity index (χ1) is 9.92. The van der Waals surface area contributed by atoms with Gasteiger partial charge in [-0.3, -0.25) is 9.48 Å². The average molecular weight is 302 g/mol. The maximum absolute atomic E-state index is 12.2. The van der Waals surface area contributed by atoms with Gasteiger partial charge in [0.15, 0.2) is 5.78 Å². The van der Waals surface area contributed by atoms with Crippen LogP contribution in [0.1, 0.15) is 23.9 Å². The lowest BCUT2D eigenvalue weighted by Crippen LogP contribution is -2.35. The fraction of sp³-hybridized carbons (Fsp3) is 0.312. The fourth-order valence-corrected chi connectivity index (χ4v) is 2.69. The van der Waals surface area contributed by atoms with Crippen LogP contribution in [0.3, 0.4) is 0 Å². The number of halogens is 1. The van der Waals surface area contributed by atoms with Crippen LogP contribution in [0.2, 0.25) is 5.02 Å². The molecule has 0 radical (unpaired) electrons. The lowest BCUT2D eigenvalue weighted by Gasteiger charge is -2.24. The third-order valence-corrected chi connectivity index (χ3v) is 4.24. The molecule has 0 fully saturated rings. The van der Waals surface area contributed by atoms with Gasteiger partial charge < -0.3 is 0 Å². The summed E-state index contributed by atoms with van der Waals surface area (Å²) >= 11 is 6.27. The molecule has 0 spiro atoms. The van der Waals surface area contributed by atoms with Crippen LogP contribution < -0.4 is 0 Å². The normalized spacial score (nSPS) is 13.5. The Balaban J connectivity index is 2.58. The van der Waals surface area contributed by atoms with Gasteiger partial charge in [0.2, 0.25) is 0 Å². The molecule has 0 amide bonds. The van der Waals surface area contributed by atoms with E-state index in [4.69, 9.17) is 11.6 Å². The second kappa shape index (κ2) is 5.71. The van der Waals surface area contributed by atoms with Gasteiger partial charge in [-0.15, -0.1) is 0 Å². The van der Waals surface area contributed by atoms with Gasteiger partial charge in [0, 0.05) is 13.5 Å². The molecule has 1 heterocycles. The zero-order valence-corrected chi connectivity index (χ0v) is 13.0. The summed E-state index contributed by atoms with van der Waals surface area (Å²) in [5.74, 6) is -0.203. The standard InChI is InChI=1S/C16H16ClN3O/c1-11-15(17)14(20(3)19-11)9-16(10-18,12(2)21)13-7-5-4-6-8-13/h4-8H,9H2,1-3H3. The van der Waals surface area contributed by atoms with Crippen molar-refractivity contribution in [2.45, 2.75) is 25.7 Å². The minimum absolute atomic E-state index is 0.203. The molecule has 0 aliphatic heterocycles. The highest BCUT2D eigenvalue weighted by Gasteiger charge is 2.39. The first-order valence-corrected chi connectivity index (χ1v) is 6.96. The van der Waals surface area contributed by atoms with E-state index in [1.54, 1.807) is 30.8 Å². The highest BCUT2D eigenvalue weighted by molar-refractivity contribution is 6.31. The van der Waals surface area contributed by atoms with Crippen molar-refractivity contribution >= 4 is 17.4 Å². The molecule has 0 N–H and O–H groups in total. The van der Waals surface area contributed by atoms with Gasteiger partial charge in [0.1, 0.15) is 5.41 Å². The maximum Gasteiger partial charge on any atom is 0.154 e. The van der Waals surface area contributed by atoms with E-state index < -0.39 is 5.41 Å². The topological polar surface area (TPSA) is 58.7 Å².